The van der Waals surface area contributed by atoms with Crippen LogP contribution in [0.15, 0.2) is 0 Å². The van der Waals surface area contributed by atoms with Crippen LogP contribution in [-0.2, 0) is 0 Å². The van der Waals surface area contributed by atoms with E-state index in [0.29, 0.717) is 12.8 Å². The van der Waals surface area contributed by atoms with Crippen LogP contribution in [-0.4, -0.2) is 31.0 Å². The maximum absolute atomic E-state index is 9.65. The van der Waals surface area contributed by atoms with Gasteiger partial charge in [-0.15, -0.1) is 11.5 Å². The molecule has 14 heavy (non-hydrogen) atoms. The van der Waals surface area contributed by atoms with Gasteiger partial charge in [-0.2, -0.15) is 0 Å². The second-order valence-corrected chi connectivity index (χ2v) is 9.49. The Hall–Kier alpha value is -0.303. The average molecular weight is 214 g/mol. The van der Waals surface area contributed by atoms with E-state index >= 15 is 0 Å². The van der Waals surface area contributed by atoms with Crippen LogP contribution in [0.25, 0.3) is 0 Å². The van der Waals surface area contributed by atoms with Crippen LogP contribution in [0.4, 0.5) is 0 Å². The summed E-state index contributed by atoms with van der Waals surface area (Å²) in [5, 5.41) is 18.3. The van der Waals surface area contributed by atoms with E-state index in [0.717, 1.165) is 0 Å². The molecule has 2 nitrogen and oxygen atoms in total. The van der Waals surface area contributed by atoms with Crippen molar-refractivity contribution < 1.29 is 10.2 Å². The smallest absolute Gasteiger partial charge is 0.129 e. The second kappa shape index (κ2) is 6.23. The van der Waals surface area contributed by atoms with Crippen molar-refractivity contribution in [3.8, 4) is 11.5 Å². The number of hydrogen-bond donors (Lipinski definition) is 2. The first-order valence-corrected chi connectivity index (χ1v) is 8.68. The molecule has 0 saturated carbocycles. The molecule has 0 aromatic heterocycles. The number of aliphatic hydroxyl groups excluding tert-OH is 2. The molecule has 0 fully saturated rings. The Labute approximate surface area is 88.4 Å². The highest BCUT2D eigenvalue weighted by molar-refractivity contribution is 6.83. The third-order valence-corrected chi connectivity index (χ3v) is 2.80. The van der Waals surface area contributed by atoms with E-state index in [-0.39, 0.29) is 12.5 Å². The molecule has 0 heterocycles. The average Bonchev–Trinajstić information content (AvgIpc) is 2.09. The van der Waals surface area contributed by atoms with Gasteiger partial charge in [0, 0.05) is 12.5 Å². The van der Waals surface area contributed by atoms with E-state index in [1.807, 2.05) is 6.92 Å². The zero-order valence-corrected chi connectivity index (χ0v) is 10.7. The quantitative estimate of drug-likeness (QED) is 0.552. The Morgan fingerprint density at radius 2 is 1.86 bits per heavy atom. The zero-order valence-electron chi connectivity index (χ0n) is 9.67. The number of hydrogen-bond acceptors (Lipinski definition) is 2. The lowest BCUT2D eigenvalue weighted by Crippen LogP contribution is -2.20. The first kappa shape index (κ1) is 13.7. The molecule has 0 saturated heterocycles. The summed E-state index contributed by atoms with van der Waals surface area (Å²) in [6.45, 7) is 8.65. The molecule has 82 valence electrons. The van der Waals surface area contributed by atoms with E-state index in [2.05, 4.69) is 31.1 Å². The zero-order chi connectivity index (χ0) is 11.2. The van der Waals surface area contributed by atoms with Gasteiger partial charge in [0.25, 0.3) is 0 Å². The molecular formula is C11H22O2Si. The van der Waals surface area contributed by atoms with Crippen LogP contribution in [0.5, 0.6) is 0 Å². The summed E-state index contributed by atoms with van der Waals surface area (Å²) in [4.78, 5) is 0. The summed E-state index contributed by atoms with van der Waals surface area (Å²) in [6.07, 6.45) is 0.893. The maximum atomic E-state index is 9.65. The van der Waals surface area contributed by atoms with Crippen molar-refractivity contribution in [1.29, 1.82) is 0 Å². The molecule has 0 aliphatic heterocycles. The lowest BCUT2D eigenvalue weighted by atomic mass is 10.0. The molecule has 0 rings (SSSR count). The van der Waals surface area contributed by atoms with Crippen molar-refractivity contribution in [2.24, 2.45) is 5.92 Å². The Balaban J connectivity index is 4.04. The first-order valence-electron chi connectivity index (χ1n) is 5.18. The van der Waals surface area contributed by atoms with Crippen LogP contribution >= 0.6 is 0 Å². The minimum atomic E-state index is -1.32. The van der Waals surface area contributed by atoms with Gasteiger partial charge in [0.2, 0.25) is 0 Å². The monoisotopic (exact) mass is 214 g/mol. The van der Waals surface area contributed by atoms with E-state index in [1.54, 1.807) is 0 Å². The molecule has 0 amide bonds. The Morgan fingerprint density at radius 1 is 1.29 bits per heavy atom. The molecule has 0 aromatic rings. The van der Waals surface area contributed by atoms with Crippen molar-refractivity contribution >= 4 is 8.07 Å². The first-order chi connectivity index (χ1) is 6.37. The third kappa shape index (κ3) is 7.13. The Bertz CT molecular complexity index is 210. The minimum Gasteiger partial charge on any atom is -0.396 e. The van der Waals surface area contributed by atoms with E-state index in [4.69, 9.17) is 5.11 Å². The predicted molar refractivity (Wildman–Crippen MR) is 62.6 cm³/mol. The molecule has 0 bridgehead atoms. The van der Waals surface area contributed by atoms with Crippen LogP contribution in [0, 0.1) is 17.4 Å². The topological polar surface area (TPSA) is 40.5 Å². The number of aliphatic hydroxyl groups is 2. The third-order valence-electron chi connectivity index (χ3n) is 1.91. The van der Waals surface area contributed by atoms with E-state index in [1.165, 1.54) is 0 Å². The van der Waals surface area contributed by atoms with Gasteiger partial charge in [-0.1, -0.05) is 19.6 Å². The van der Waals surface area contributed by atoms with Gasteiger partial charge in [-0.05, 0) is 19.8 Å². The molecular weight excluding hydrogens is 192 g/mol. The molecule has 0 aromatic carbocycles. The van der Waals surface area contributed by atoms with Gasteiger partial charge in [0.05, 0.1) is 6.10 Å². The van der Waals surface area contributed by atoms with Gasteiger partial charge >= 0.3 is 0 Å². The van der Waals surface area contributed by atoms with Crippen molar-refractivity contribution in [2.45, 2.75) is 45.5 Å². The molecule has 2 unspecified atom stereocenters. The van der Waals surface area contributed by atoms with Gasteiger partial charge in [0.1, 0.15) is 8.07 Å². The van der Waals surface area contributed by atoms with E-state index in [9.17, 15) is 5.11 Å². The van der Waals surface area contributed by atoms with Crippen LogP contribution in [0.3, 0.4) is 0 Å². The summed E-state index contributed by atoms with van der Waals surface area (Å²) in [5.74, 6) is 3.13. The van der Waals surface area contributed by atoms with Gasteiger partial charge < -0.3 is 10.2 Å². The normalized spacial score (nSPS) is 15.6. The second-order valence-electron chi connectivity index (χ2n) is 4.74. The Morgan fingerprint density at radius 3 is 2.29 bits per heavy atom. The van der Waals surface area contributed by atoms with Crippen molar-refractivity contribution in [3.05, 3.63) is 0 Å². The van der Waals surface area contributed by atoms with Crippen molar-refractivity contribution in [3.63, 3.8) is 0 Å². The summed E-state index contributed by atoms with van der Waals surface area (Å²) in [6, 6.07) is 0. The molecule has 0 radical (unpaired) electrons. The molecule has 2 atom stereocenters. The van der Waals surface area contributed by atoms with Crippen molar-refractivity contribution in [2.75, 3.05) is 6.61 Å². The maximum Gasteiger partial charge on any atom is 0.129 e. The van der Waals surface area contributed by atoms with Gasteiger partial charge in [-0.3, -0.25) is 0 Å². The lowest BCUT2D eigenvalue weighted by molar-refractivity contribution is 0.120. The number of rotatable bonds is 4. The summed E-state index contributed by atoms with van der Waals surface area (Å²) in [7, 11) is -1.32. The fourth-order valence-corrected chi connectivity index (χ4v) is 1.64. The molecule has 0 aliphatic carbocycles. The van der Waals surface area contributed by atoms with Gasteiger partial charge in [0.15, 0.2) is 0 Å². The van der Waals surface area contributed by atoms with Crippen LogP contribution < -0.4 is 0 Å². The van der Waals surface area contributed by atoms with Crippen molar-refractivity contribution in [1.82, 2.24) is 0 Å². The van der Waals surface area contributed by atoms with Gasteiger partial charge in [-0.25, -0.2) is 0 Å². The lowest BCUT2D eigenvalue weighted by Gasteiger charge is -2.13. The van der Waals surface area contributed by atoms with Crippen LogP contribution in [0.2, 0.25) is 19.6 Å². The SMILES string of the molecule is CC(C#C[Si](C)(C)C)C(O)CCCO. The standard InChI is InChI=1S/C11H22O2Si/c1-10(7-9-14(2,3)4)11(13)6-5-8-12/h10-13H,5-6,8H2,1-4H3. The highest BCUT2D eigenvalue weighted by atomic mass is 28.3. The Kier molecular flexibility index (Phi) is 6.10. The molecule has 0 aliphatic rings. The largest absolute Gasteiger partial charge is 0.396 e. The molecule has 2 N–H and O–H groups in total. The summed E-state index contributed by atoms with van der Waals surface area (Å²) in [5.41, 5.74) is 3.25. The minimum absolute atomic E-state index is 0.0216. The molecule has 3 heteroatoms. The summed E-state index contributed by atoms with van der Waals surface area (Å²) >= 11 is 0. The molecule has 0 spiro atoms. The fourth-order valence-electron chi connectivity index (χ4n) is 0.977. The summed E-state index contributed by atoms with van der Waals surface area (Å²) < 4.78 is 0. The highest BCUT2D eigenvalue weighted by Gasteiger charge is 2.13. The predicted octanol–water partition coefficient (Wildman–Crippen LogP) is 1.64. The fraction of sp³-hybridized carbons (Fsp3) is 0.818. The van der Waals surface area contributed by atoms with E-state index < -0.39 is 14.2 Å². The highest BCUT2D eigenvalue weighted by Crippen LogP contribution is 2.08. The van der Waals surface area contributed by atoms with Crippen LogP contribution in [0.1, 0.15) is 19.8 Å².